The summed E-state index contributed by atoms with van der Waals surface area (Å²) in [5, 5.41) is 2.85. The molecule has 5 rings (SSSR count). The minimum absolute atomic E-state index is 0.0439. The number of hydrogen-bond donors (Lipinski definition) is 1. The number of aliphatic imine (C=N–C) groups is 1. The van der Waals surface area contributed by atoms with Crippen molar-refractivity contribution >= 4 is 29.6 Å². The van der Waals surface area contributed by atoms with Crippen LogP contribution < -0.4 is 19.9 Å². The van der Waals surface area contributed by atoms with Crippen LogP contribution in [0.3, 0.4) is 0 Å². The number of carbonyl (C=O) groups is 1. The van der Waals surface area contributed by atoms with Crippen LogP contribution in [0.5, 0.6) is 5.88 Å². The normalized spacial score (nSPS) is 16.9. The highest BCUT2D eigenvalue weighted by Crippen LogP contribution is 2.40. The third-order valence-electron chi connectivity index (χ3n) is 5.69. The van der Waals surface area contributed by atoms with E-state index in [-0.39, 0.29) is 12.1 Å². The number of methoxy groups -OCH3 is 1. The molecule has 1 aromatic carbocycles. The summed E-state index contributed by atoms with van der Waals surface area (Å²) in [6, 6.07) is 11.8. The number of rotatable bonds is 4. The molecule has 0 saturated carbocycles. The fraction of sp³-hybridized carbons (Fsp3) is 0.261. The van der Waals surface area contributed by atoms with Crippen molar-refractivity contribution in [3.8, 4) is 17.1 Å². The van der Waals surface area contributed by atoms with E-state index in [1.807, 2.05) is 42.6 Å². The molecule has 9 nitrogen and oxygen atoms in total. The molecule has 1 N–H and O–H groups in total. The van der Waals surface area contributed by atoms with Gasteiger partial charge in [0.1, 0.15) is 0 Å². The second-order valence-electron chi connectivity index (χ2n) is 7.69. The van der Waals surface area contributed by atoms with Gasteiger partial charge in [0.2, 0.25) is 5.88 Å². The first-order chi connectivity index (χ1) is 15.7. The van der Waals surface area contributed by atoms with Crippen molar-refractivity contribution in [1.82, 2.24) is 15.0 Å². The summed E-state index contributed by atoms with van der Waals surface area (Å²) in [4.78, 5) is 34.7. The Hall–Kier alpha value is -4.01. The van der Waals surface area contributed by atoms with Crippen molar-refractivity contribution in [3.63, 3.8) is 0 Å². The summed E-state index contributed by atoms with van der Waals surface area (Å²) in [5.74, 6) is 1.32. The van der Waals surface area contributed by atoms with Crippen LogP contribution in [0.15, 0.2) is 53.8 Å². The Morgan fingerprint density at radius 3 is 3.00 bits per heavy atom. The molecular weight excluding hydrogens is 406 g/mol. The Balaban J connectivity index is 1.51. The lowest BCUT2D eigenvalue weighted by molar-refractivity contribution is 0.254. The molecule has 3 aromatic rings. The average Bonchev–Trinajstić information content (AvgIpc) is 3.23. The molecule has 2 bridgehead atoms. The van der Waals surface area contributed by atoms with Gasteiger partial charge in [-0.3, -0.25) is 20.2 Å². The van der Waals surface area contributed by atoms with Crippen LogP contribution in [0, 0.1) is 0 Å². The first-order valence-corrected chi connectivity index (χ1v) is 10.4. The van der Waals surface area contributed by atoms with Gasteiger partial charge in [-0.25, -0.2) is 9.78 Å². The van der Waals surface area contributed by atoms with Crippen molar-refractivity contribution in [3.05, 3.63) is 54.4 Å². The number of nitrogens with one attached hydrogen (secondary N) is 1. The summed E-state index contributed by atoms with van der Waals surface area (Å²) >= 11 is 0. The molecule has 1 saturated heterocycles. The standard InChI is InChI=1S/C23H23N7O2/c1-24-11-15-4-3-5-16(10-15)18-6-7-19-22(26-18)30(17-8-9-29(19)14-17)23(31)28-20-12-25-13-21(27-20)32-2/h3-7,10-13,17H,8-9,14H2,1-2H3,(H,27,28,31)/b24-11-/t17-/m0/s1. The van der Waals surface area contributed by atoms with Gasteiger partial charge in [-0.05, 0) is 30.2 Å². The highest BCUT2D eigenvalue weighted by molar-refractivity contribution is 6.04. The second-order valence-corrected chi connectivity index (χ2v) is 7.69. The van der Waals surface area contributed by atoms with E-state index in [0.717, 1.165) is 42.0 Å². The number of anilines is 3. The zero-order chi connectivity index (χ0) is 22.1. The van der Waals surface area contributed by atoms with Gasteiger partial charge in [-0.15, -0.1) is 0 Å². The Morgan fingerprint density at radius 2 is 2.16 bits per heavy atom. The molecular formula is C23H23N7O2. The lowest BCUT2D eigenvalue weighted by atomic mass is 10.1. The number of benzene rings is 1. The molecule has 2 aromatic heterocycles. The molecule has 162 valence electrons. The number of hydrogen-bond acceptors (Lipinski definition) is 7. The molecule has 4 heterocycles. The molecule has 2 aliphatic heterocycles. The molecule has 2 amide bonds. The van der Waals surface area contributed by atoms with Gasteiger partial charge >= 0.3 is 6.03 Å². The SMILES string of the molecule is C/N=C\c1cccc(-c2ccc3c(n2)N(C(=O)Nc2cncc(OC)n2)[C@H]2CCN3C2)c1. The predicted molar refractivity (Wildman–Crippen MR) is 124 cm³/mol. The van der Waals surface area contributed by atoms with E-state index in [1.54, 1.807) is 11.9 Å². The Labute approximate surface area is 185 Å². The van der Waals surface area contributed by atoms with Gasteiger partial charge in [0.15, 0.2) is 11.6 Å². The van der Waals surface area contributed by atoms with Gasteiger partial charge < -0.3 is 9.64 Å². The monoisotopic (exact) mass is 429 g/mol. The minimum atomic E-state index is -0.281. The lowest BCUT2D eigenvalue weighted by Gasteiger charge is -2.35. The number of aromatic nitrogens is 3. The molecule has 0 unspecified atom stereocenters. The average molecular weight is 429 g/mol. The number of nitrogens with zero attached hydrogens (tertiary/aromatic N) is 6. The Kier molecular flexibility index (Phi) is 5.14. The fourth-order valence-corrected chi connectivity index (χ4v) is 4.24. The molecule has 32 heavy (non-hydrogen) atoms. The predicted octanol–water partition coefficient (Wildman–Crippen LogP) is 3.23. The topological polar surface area (TPSA) is 95.8 Å². The molecule has 0 radical (unpaired) electrons. The highest BCUT2D eigenvalue weighted by Gasteiger charge is 2.40. The maximum absolute atomic E-state index is 13.3. The lowest BCUT2D eigenvalue weighted by Crippen LogP contribution is -2.48. The van der Waals surface area contributed by atoms with Crippen LogP contribution in [-0.2, 0) is 0 Å². The van der Waals surface area contributed by atoms with E-state index in [4.69, 9.17) is 9.72 Å². The zero-order valence-corrected chi connectivity index (χ0v) is 17.9. The van der Waals surface area contributed by atoms with Crippen molar-refractivity contribution in [2.75, 3.05) is 42.4 Å². The second kappa shape index (κ2) is 8.26. The van der Waals surface area contributed by atoms with Crippen LogP contribution in [0.2, 0.25) is 0 Å². The summed E-state index contributed by atoms with van der Waals surface area (Å²) in [7, 11) is 3.26. The third-order valence-corrected chi connectivity index (χ3v) is 5.69. The van der Waals surface area contributed by atoms with Crippen molar-refractivity contribution in [2.45, 2.75) is 12.5 Å². The van der Waals surface area contributed by atoms with E-state index in [1.165, 1.54) is 19.5 Å². The van der Waals surface area contributed by atoms with E-state index in [2.05, 4.69) is 25.2 Å². The zero-order valence-electron chi connectivity index (χ0n) is 17.9. The minimum Gasteiger partial charge on any atom is -0.480 e. The van der Waals surface area contributed by atoms with Gasteiger partial charge in [-0.2, -0.15) is 4.98 Å². The number of fused-ring (bicyclic) bond motifs is 4. The molecule has 1 atom stereocenters. The number of urea groups is 1. The van der Waals surface area contributed by atoms with E-state index in [9.17, 15) is 4.79 Å². The van der Waals surface area contributed by atoms with Gasteiger partial charge in [0.05, 0.1) is 36.9 Å². The summed E-state index contributed by atoms with van der Waals surface area (Å²) in [6.07, 6.45) is 5.68. The maximum atomic E-state index is 13.3. The molecule has 1 fully saturated rings. The van der Waals surface area contributed by atoms with E-state index in [0.29, 0.717) is 17.5 Å². The van der Waals surface area contributed by atoms with Crippen LogP contribution in [0.1, 0.15) is 12.0 Å². The highest BCUT2D eigenvalue weighted by atomic mass is 16.5. The molecule has 9 heteroatoms. The summed E-state index contributed by atoms with van der Waals surface area (Å²) in [5.41, 5.74) is 3.73. The first kappa shape index (κ1) is 19.9. The van der Waals surface area contributed by atoms with Crippen LogP contribution >= 0.6 is 0 Å². The third kappa shape index (κ3) is 3.62. The van der Waals surface area contributed by atoms with E-state index >= 15 is 0 Å². The molecule has 2 aliphatic rings. The number of pyridine rings is 1. The Morgan fingerprint density at radius 1 is 1.25 bits per heavy atom. The summed E-state index contributed by atoms with van der Waals surface area (Å²) < 4.78 is 5.11. The maximum Gasteiger partial charge on any atom is 0.329 e. The number of carbonyl (C=O) groups excluding carboxylic acids is 1. The van der Waals surface area contributed by atoms with Gasteiger partial charge in [0.25, 0.3) is 0 Å². The largest absolute Gasteiger partial charge is 0.480 e. The first-order valence-electron chi connectivity index (χ1n) is 10.4. The fourth-order valence-electron chi connectivity index (χ4n) is 4.24. The van der Waals surface area contributed by atoms with Crippen molar-refractivity contribution in [2.24, 2.45) is 4.99 Å². The van der Waals surface area contributed by atoms with Crippen LogP contribution in [-0.4, -0.2) is 60.5 Å². The molecule has 0 spiro atoms. The van der Waals surface area contributed by atoms with Crippen molar-refractivity contribution < 1.29 is 9.53 Å². The number of ether oxygens (including phenoxy) is 1. The Bertz CT molecular complexity index is 1200. The smallest absolute Gasteiger partial charge is 0.329 e. The quantitative estimate of drug-likeness (QED) is 0.640. The van der Waals surface area contributed by atoms with Crippen LogP contribution in [0.25, 0.3) is 11.3 Å². The summed E-state index contributed by atoms with van der Waals surface area (Å²) in [6.45, 7) is 1.68. The van der Waals surface area contributed by atoms with Gasteiger partial charge in [-0.1, -0.05) is 18.2 Å². The van der Waals surface area contributed by atoms with Gasteiger partial charge in [0, 0.05) is 31.9 Å². The van der Waals surface area contributed by atoms with E-state index < -0.39 is 0 Å². The van der Waals surface area contributed by atoms with Crippen molar-refractivity contribution in [1.29, 1.82) is 0 Å². The van der Waals surface area contributed by atoms with Crippen LogP contribution in [0.4, 0.5) is 22.1 Å². The molecule has 0 aliphatic carbocycles. The number of amides is 2.